The van der Waals surface area contributed by atoms with Crippen molar-refractivity contribution in [2.24, 2.45) is 0 Å². The zero-order valence-corrected chi connectivity index (χ0v) is 7.63. The van der Waals surface area contributed by atoms with Gasteiger partial charge in [-0.3, -0.25) is 0 Å². The van der Waals surface area contributed by atoms with E-state index in [1.54, 1.807) is 0 Å². The summed E-state index contributed by atoms with van der Waals surface area (Å²) >= 11 is 0. The Morgan fingerprint density at radius 2 is 2.42 bits per heavy atom. The molecule has 0 saturated heterocycles. The SMILES string of the molecule is CCOC1C(=C=O)C(C)=CN1C. The minimum atomic E-state index is -0.229. The van der Waals surface area contributed by atoms with Gasteiger partial charge in [0.25, 0.3) is 0 Å². The number of ether oxygens (including phenoxy) is 1. The molecule has 1 unspecified atom stereocenters. The van der Waals surface area contributed by atoms with Crippen LogP contribution < -0.4 is 0 Å². The Kier molecular flexibility index (Phi) is 2.69. The van der Waals surface area contributed by atoms with Gasteiger partial charge < -0.3 is 9.64 Å². The van der Waals surface area contributed by atoms with E-state index < -0.39 is 0 Å². The second-order valence-corrected chi connectivity index (χ2v) is 2.80. The highest BCUT2D eigenvalue weighted by Gasteiger charge is 2.26. The fraction of sp³-hybridized carbons (Fsp3) is 0.556. The second kappa shape index (κ2) is 3.57. The number of rotatable bonds is 2. The Morgan fingerprint density at radius 1 is 1.75 bits per heavy atom. The molecule has 0 aromatic heterocycles. The van der Waals surface area contributed by atoms with Gasteiger partial charge in [-0.15, -0.1) is 0 Å². The fourth-order valence-electron chi connectivity index (χ4n) is 1.33. The summed E-state index contributed by atoms with van der Waals surface area (Å²) in [5.74, 6) is 1.91. The molecule has 0 fully saturated rings. The summed E-state index contributed by atoms with van der Waals surface area (Å²) in [4.78, 5) is 12.4. The van der Waals surface area contributed by atoms with Crippen LogP contribution in [-0.2, 0) is 9.53 Å². The first kappa shape index (κ1) is 9.04. The number of carbonyl (C=O) groups excluding carboxylic acids is 1. The average molecular weight is 167 g/mol. The Labute approximate surface area is 72.3 Å². The molecule has 0 saturated carbocycles. The molecule has 1 heterocycles. The predicted octanol–water partition coefficient (Wildman–Crippen LogP) is 0.956. The first-order valence-corrected chi connectivity index (χ1v) is 3.98. The van der Waals surface area contributed by atoms with Crippen molar-refractivity contribution in [2.75, 3.05) is 13.7 Å². The van der Waals surface area contributed by atoms with Crippen molar-refractivity contribution < 1.29 is 9.53 Å². The van der Waals surface area contributed by atoms with Gasteiger partial charge in [0.1, 0.15) is 5.94 Å². The third-order valence-electron chi connectivity index (χ3n) is 1.87. The molecule has 12 heavy (non-hydrogen) atoms. The van der Waals surface area contributed by atoms with Crippen LogP contribution in [0.5, 0.6) is 0 Å². The van der Waals surface area contributed by atoms with Gasteiger partial charge in [0.2, 0.25) is 0 Å². The molecular formula is C9H13NO2. The second-order valence-electron chi connectivity index (χ2n) is 2.80. The highest BCUT2D eigenvalue weighted by atomic mass is 16.5. The van der Waals surface area contributed by atoms with Gasteiger partial charge in [-0.25, -0.2) is 4.79 Å². The molecule has 0 aromatic rings. The highest BCUT2D eigenvalue weighted by molar-refractivity contribution is 5.63. The molecular weight excluding hydrogens is 154 g/mol. The number of likely N-dealkylation sites (N-methyl/N-ethyl adjacent to an activating group) is 1. The quantitative estimate of drug-likeness (QED) is 0.574. The Balaban J connectivity index is 2.84. The summed E-state index contributed by atoms with van der Waals surface area (Å²) in [6.45, 7) is 4.39. The van der Waals surface area contributed by atoms with Crippen molar-refractivity contribution in [3.8, 4) is 0 Å². The van der Waals surface area contributed by atoms with Crippen LogP contribution in [-0.4, -0.2) is 30.7 Å². The number of hydrogen-bond donors (Lipinski definition) is 0. The van der Waals surface area contributed by atoms with E-state index in [2.05, 4.69) is 0 Å². The van der Waals surface area contributed by atoms with E-state index in [1.807, 2.05) is 37.9 Å². The van der Waals surface area contributed by atoms with E-state index in [0.717, 1.165) is 5.57 Å². The van der Waals surface area contributed by atoms with Crippen LogP contribution in [0.4, 0.5) is 0 Å². The van der Waals surface area contributed by atoms with Gasteiger partial charge in [-0.2, -0.15) is 0 Å². The molecule has 1 aliphatic rings. The van der Waals surface area contributed by atoms with E-state index in [0.29, 0.717) is 12.2 Å². The van der Waals surface area contributed by atoms with Gasteiger partial charge in [-0.1, -0.05) is 0 Å². The van der Waals surface area contributed by atoms with E-state index in [9.17, 15) is 4.79 Å². The first-order valence-electron chi connectivity index (χ1n) is 3.98. The standard InChI is InChI=1S/C9H13NO2/c1-4-12-9-8(6-11)7(2)5-10(9)3/h5,9H,4H2,1-3H3. The number of nitrogens with zero attached hydrogens (tertiary/aromatic N) is 1. The van der Waals surface area contributed by atoms with Crippen LogP contribution in [0.2, 0.25) is 0 Å². The summed E-state index contributed by atoms with van der Waals surface area (Å²) in [5, 5.41) is 0. The summed E-state index contributed by atoms with van der Waals surface area (Å²) < 4.78 is 5.36. The van der Waals surface area contributed by atoms with Crippen molar-refractivity contribution in [1.82, 2.24) is 4.90 Å². The van der Waals surface area contributed by atoms with E-state index >= 15 is 0 Å². The van der Waals surface area contributed by atoms with E-state index in [4.69, 9.17) is 4.74 Å². The van der Waals surface area contributed by atoms with E-state index in [1.165, 1.54) is 0 Å². The van der Waals surface area contributed by atoms with Gasteiger partial charge in [0.05, 0.1) is 5.57 Å². The molecule has 0 aromatic carbocycles. The monoisotopic (exact) mass is 167 g/mol. The van der Waals surface area contributed by atoms with Crippen molar-refractivity contribution in [2.45, 2.75) is 20.1 Å². The topological polar surface area (TPSA) is 29.5 Å². The molecule has 0 aliphatic carbocycles. The fourth-order valence-corrected chi connectivity index (χ4v) is 1.33. The maximum Gasteiger partial charge on any atom is 0.166 e. The van der Waals surface area contributed by atoms with Gasteiger partial charge in [-0.05, 0) is 19.4 Å². The maximum absolute atomic E-state index is 10.5. The molecule has 0 spiro atoms. The third-order valence-corrected chi connectivity index (χ3v) is 1.87. The Morgan fingerprint density at radius 3 is 2.92 bits per heavy atom. The minimum absolute atomic E-state index is 0.229. The zero-order valence-electron chi connectivity index (χ0n) is 7.63. The summed E-state index contributed by atoms with van der Waals surface area (Å²) in [6.07, 6.45) is 1.66. The van der Waals surface area contributed by atoms with Crippen LogP contribution in [0.15, 0.2) is 17.3 Å². The Bertz CT molecular complexity index is 251. The molecule has 3 heteroatoms. The van der Waals surface area contributed by atoms with Crippen molar-refractivity contribution in [3.05, 3.63) is 17.3 Å². The normalized spacial score (nSPS) is 22.6. The van der Waals surface area contributed by atoms with Gasteiger partial charge in [0, 0.05) is 19.9 Å². The average Bonchev–Trinajstić information content (AvgIpc) is 2.28. The Hall–Kier alpha value is -1.05. The predicted molar refractivity (Wildman–Crippen MR) is 46.1 cm³/mol. The van der Waals surface area contributed by atoms with Crippen LogP contribution in [0.3, 0.4) is 0 Å². The van der Waals surface area contributed by atoms with Crippen LogP contribution in [0.1, 0.15) is 13.8 Å². The van der Waals surface area contributed by atoms with Crippen LogP contribution >= 0.6 is 0 Å². The number of hydrogen-bond acceptors (Lipinski definition) is 3. The molecule has 0 amide bonds. The molecule has 3 nitrogen and oxygen atoms in total. The lowest BCUT2D eigenvalue weighted by Crippen LogP contribution is -2.27. The molecule has 1 rings (SSSR count). The third kappa shape index (κ3) is 1.42. The lowest BCUT2D eigenvalue weighted by atomic mass is 10.2. The molecule has 0 bridgehead atoms. The van der Waals surface area contributed by atoms with Crippen LogP contribution in [0, 0.1) is 0 Å². The first-order chi connectivity index (χ1) is 5.70. The van der Waals surface area contributed by atoms with E-state index in [-0.39, 0.29) is 6.23 Å². The zero-order chi connectivity index (χ0) is 9.14. The summed E-state index contributed by atoms with van der Waals surface area (Å²) in [7, 11) is 1.88. The summed E-state index contributed by atoms with van der Waals surface area (Å²) in [6, 6.07) is 0. The van der Waals surface area contributed by atoms with Crippen molar-refractivity contribution >= 4 is 5.94 Å². The van der Waals surface area contributed by atoms with Crippen molar-refractivity contribution in [3.63, 3.8) is 0 Å². The lowest BCUT2D eigenvalue weighted by Gasteiger charge is -2.19. The highest BCUT2D eigenvalue weighted by Crippen LogP contribution is 2.24. The molecule has 1 aliphatic heterocycles. The molecule has 1 atom stereocenters. The minimum Gasteiger partial charge on any atom is -0.354 e. The van der Waals surface area contributed by atoms with Gasteiger partial charge in [0.15, 0.2) is 6.23 Å². The molecule has 66 valence electrons. The molecule has 0 N–H and O–H groups in total. The van der Waals surface area contributed by atoms with Gasteiger partial charge >= 0.3 is 0 Å². The summed E-state index contributed by atoms with van der Waals surface area (Å²) in [5.41, 5.74) is 1.55. The lowest BCUT2D eigenvalue weighted by molar-refractivity contribution is 0.0167. The van der Waals surface area contributed by atoms with Crippen molar-refractivity contribution in [1.29, 1.82) is 0 Å². The molecule has 0 radical (unpaired) electrons. The van der Waals surface area contributed by atoms with Crippen LogP contribution in [0.25, 0.3) is 0 Å². The smallest absolute Gasteiger partial charge is 0.166 e. The maximum atomic E-state index is 10.5. The largest absolute Gasteiger partial charge is 0.354 e.